The van der Waals surface area contributed by atoms with Gasteiger partial charge in [-0.3, -0.25) is 9.59 Å². The number of anilines is 1. The Kier molecular flexibility index (Phi) is 6.53. The van der Waals surface area contributed by atoms with Crippen LogP contribution in [0.25, 0.3) is 5.57 Å². The minimum absolute atomic E-state index is 0.0439. The van der Waals surface area contributed by atoms with E-state index in [0.29, 0.717) is 46.4 Å². The fourth-order valence-electron chi connectivity index (χ4n) is 4.16. The van der Waals surface area contributed by atoms with Crippen LogP contribution in [0.2, 0.25) is 5.02 Å². The van der Waals surface area contributed by atoms with Crippen LogP contribution in [0.15, 0.2) is 54.2 Å². The van der Waals surface area contributed by atoms with Crippen molar-refractivity contribution >= 4 is 34.7 Å². The first-order valence-electron chi connectivity index (χ1n) is 11.0. The van der Waals surface area contributed by atoms with Gasteiger partial charge in [0.25, 0.3) is 11.8 Å². The highest BCUT2D eigenvalue weighted by molar-refractivity contribution is 6.45. The molecule has 0 radical (unpaired) electrons. The first-order chi connectivity index (χ1) is 15.4. The van der Waals surface area contributed by atoms with E-state index in [1.54, 1.807) is 48.5 Å². The molecule has 1 saturated heterocycles. The maximum atomic E-state index is 13.6. The highest BCUT2D eigenvalue weighted by atomic mass is 35.5. The van der Waals surface area contributed by atoms with Gasteiger partial charge in [0.1, 0.15) is 11.4 Å². The molecule has 4 rings (SSSR count). The molecule has 0 aliphatic carbocycles. The Morgan fingerprint density at radius 2 is 1.53 bits per heavy atom. The van der Waals surface area contributed by atoms with Crippen molar-refractivity contribution in [1.82, 2.24) is 9.80 Å². The Labute approximate surface area is 194 Å². The van der Waals surface area contributed by atoms with Crippen LogP contribution < -0.4 is 9.64 Å². The molecule has 2 aromatic rings. The lowest BCUT2D eigenvalue weighted by Crippen LogP contribution is -2.47. The summed E-state index contributed by atoms with van der Waals surface area (Å²) in [6.45, 7) is 10.1. The molecular formula is C25H28ClN3O3. The van der Waals surface area contributed by atoms with Gasteiger partial charge in [0.15, 0.2) is 0 Å². The fraction of sp³-hybridized carbons (Fsp3) is 0.360. The molecule has 0 saturated carbocycles. The highest BCUT2D eigenvalue weighted by Gasteiger charge is 2.43. The SMILES string of the molecule is CCN1CCN(C2=C(c3ccc(Cl)cc3)C(=O)N(c3ccc(OC(C)C)cc3)C2=O)CC1. The molecule has 168 valence electrons. The maximum Gasteiger partial charge on any atom is 0.282 e. The summed E-state index contributed by atoms with van der Waals surface area (Å²) in [7, 11) is 0. The highest BCUT2D eigenvalue weighted by Crippen LogP contribution is 2.36. The number of likely N-dealkylation sites (N-methyl/N-ethyl adjacent to an activating group) is 1. The molecule has 2 aliphatic rings. The summed E-state index contributed by atoms with van der Waals surface area (Å²) in [6, 6.07) is 14.2. The van der Waals surface area contributed by atoms with Crippen LogP contribution >= 0.6 is 11.6 Å². The summed E-state index contributed by atoms with van der Waals surface area (Å²) in [6.07, 6.45) is 0.0439. The molecule has 0 N–H and O–H groups in total. The van der Waals surface area contributed by atoms with Gasteiger partial charge in [-0.1, -0.05) is 30.7 Å². The Morgan fingerprint density at radius 1 is 0.906 bits per heavy atom. The van der Waals surface area contributed by atoms with E-state index in [-0.39, 0.29) is 17.9 Å². The van der Waals surface area contributed by atoms with Crippen LogP contribution in [0.5, 0.6) is 5.75 Å². The van der Waals surface area contributed by atoms with E-state index in [9.17, 15) is 9.59 Å². The first-order valence-corrected chi connectivity index (χ1v) is 11.4. The molecule has 0 aromatic heterocycles. The number of carbonyl (C=O) groups excluding carboxylic acids is 2. The molecular weight excluding hydrogens is 426 g/mol. The summed E-state index contributed by atoms with van der Waals surface area (Å²) in [4.78, 5) is 32.9. The van der Waals surface area contributed by atoms with Crippen LogP contribution in [0.1, 0.15) is 26.3 Å². The van der Waals surface area contributed by atoms with E-state index in [4.69, 9.17) is 16.3 Å². The van der Waals surface area contributed by atoms with Gasteiger partial charge in [0.05, 0.1) is 17.4 Å². The largest absolute Gasteiger partial charge is 0.491 e. The average Bonchev–Trinajstić information content (AvgIpc) is 3.05. The van der Waals surface area contributed by atoms with Crippen LogP contribution in [-0.2, 0) is 9.59 Å². The molecule has 0 bridgehead atoms. The monoisotopic (exact) mass is 453 g/mol. The summed E-state index contributed by atoms with van der Waals surface area (Å²) >= 11 is 6.07. The number of ether oxygens (including phenoxy) is 1. The second-order valence-corrected chi connectivity index (χ2v) is 8.69. The van der Waals surface area contributed by atoms with Gasteiger partial charge in [-0.05, 0) is 62.4 Å². The quantitative estimate of drug-likeness (QED) is 0.617. The molecule has 0 atom stereocenters. The van der Waals surface area contributed by atoms with Gasteiger partial charge < -0.3 is 14.5 Å². The summed E-state index contributed by atoms with van der Waals surface area (Å²) in [5, 5.41) is 0.585. The van der Waals surface area contributed by atoms with Gasteiger partial charge in [-0.25, -0.2) is 4.90 Å². The van der Waals surface area contributed by atoms with Crippen molar-refractivity contribution in [3.8, 4) is 5.75 Å². The minimum Gasteiger partial charge on any atom is -0.491 e. The molecule has 1 fully saturated rings. The molecule has 0 spiro atoms. The van der Waals surface area contributed by atoms with Crippen molar-refractivity contribution in [2.24, 2.45) is 0 Å². The number of amides is 2. The van der Waals surface area contributed by atoms with Gasteiger partial charge in [-0.15, -0.1) is 0 Å². The lowest BCUT2D eigenvalue weighted by molar-refractivity contribution is -0.120. The van der Waals surface area contributed by atoms with Crippen molar-refractivity contribution in [1.29, 1.82) is 0 Å². The maximum absolute atomic E-state index is 13.6. The van der Waals surface area contributed by atoms with E-state index >= 15 is 0 Å². The number of hydrogen-bond donors (Lipinski definition) is 0. The third-order valence-corrected chi connectivity index (χ3v) is 6.05. The Hall–Kier alpha value is -2.83. The lowest BCUT2D eigenvalue weighted by atomic mass is 10.0. The van der Waals surface area contributed by atoms with E-state index in [1.807, 2.05) is 18.7 Å². The minimum atomic E-state index is -0.317. The number of benzene rings is 2. The van der Waals surface area contributed by atoms with E-state index in [2.05, 4.69) is 11.8 Å². The van der Waals surface area contributed by atoms with E-state index < -0.39 is 0 Å². The third-order valence-electron chi connectivity index (χ3n) is 5.79. The van der Waals surface area contributed by atoms with Crippen molar-refractivity contribution in [3.63, 3.8) is 0 Å². The van der Waals surface area contributed by atoms with Crippen molar-refractivity contribution in [3.05, 3.63) is 64.8 Å². The number of hydrogen-bond acceptors (Lipinski definition) is 5. The van der Waals surface area contributed by atoms with Crippen LogP contribution in [0.3, 0.4) is 0 Å². The number of imide groups is 1. The normalized spacial score (nSPS) is 17.7. The Balaban J connectivity index is 1.70. The summed E-state index contributed by atoms with van der Waals surface area (Å²) in [5.41, 5.74) is 2.13. The predicted molar refractivity (Wildman–Crippen MR) is 127 cm³/mol. The van der Waals surface area contributed by atoms with E-state index in [0.717, 1.165) is 19.6 Å². The third kappa shape index (κ3) is 4.38. The molecule has 32 heavy (non-hydrogen) atoms. The molecule has 2 aromatic carbocycles. The molecule has 2 amide bonds. The van der Waals surface area contributed by atoms with Crippen LogP contribution in [0, 0.1) is 0 Å². The number of halogens is 1. The summed E-state index contributed by atoms with van der Waals surface area (Å²) in [5.74, 6) is 0.0924. The molecule has 6 nitrogen and oxygen atoms in total. The standard InChI is InChI=1S/C25H28ClN3O3/c1-4-27-13-15-28(16-14-27)23-22(18-5-7-19(26)8-6-18)24(30)29(25(23)31)20-9-11-21(12-10-20)32-17(2)3/h5-12,17H,4,13-16H2,1-3H3. The molecule has 0 unspecified atom stereocenters. The van der Waals surface area contributed by atoms with Crippen LogP contribution in [0.4, 0.5) is 5.69 Å². The number of nitrogens with zero attached hydrogens (tertiary/aromatic N) is 3. The van der Waals surface area contributed by atoms with Crippen molar-refractivity contribution in [2.75, 3.05) is 37.6 Å². The average molecular weight is 454 g/mol. The lowest BCUT2D eigenvalue weighted by Gasteiger charge is -2.36. The fourth-order valence-corrected chi connectivity index (χ4v) is 4.28. The number of piperazine rings is 1. The summed E-state index contributed by atoms with van der Waals surface area (Å²) < 4.78 is 5.70. The molecule has 2 aliphatic heterocycles. The topological polar surface area (TPSA) is 53.1 Å². The Morgan fingerprint density at radius 3 is 2.09 bits per heavy atom. The number of rotatable bonds is 6. The second kappa shape index (κ2) is 9.35. The van der Waals surface area contributed by atoms with Crippen LogP contribution in [-0.4, -0.2) is 60.4 Å². The second-order valence-electron chi connectivity index (χ2n) is 8.26. The molecule has 2 heterocycles. The van der Waals surface area contributed by atoms with Gasteiger partial charge >= 0.3 is 0 Å². The smallest absolute Gasteiger partial charge is 0.282 e. The van der Waals surface area contributed by atoms with Gasteiger partial charge in [0, 0.05) is 31.2 Å². The zero-order chi connectivity index (χ0) is 22.8. The zero-order valence-corrected chi connectivity index (χ0v) is 19.4. The van der Waals surface area contributed by atoms with Gasteiger partial charge in [0.2, 0.25) is 0 Å². The predicted octanol–water partition coefficient (Wildman–Crippen LogP) is 4.05. The first kappa shape index (κ1) is 22.4. The zero-order valence-electron chi connectivity index (χ0n) is 18.7. The van der Waals surface area contributed by atoms with Crippen molar-refractivity contribution < 1.29 is 14.3 Å². The Bertz CT molecular complexity index is 1020. The molecule has 7 heteroatoms. The van der Waals surface area contributed by atoms with E-state index in [1.165, 1.54) is 4.90 Å². The number of carbonyl (C=O) groups is 2. The van der Waals surface area contributed by atoms with Gasteiger partial charge in [-0.2, -0.15) is 0 Å². The van der Waals surface area contributed by atoms with Crippen molar-refractivity contribution in [2.45, 2.75) is 26.9 Å².